The van der Waals surface area contributed by atoms with E-state index in [4.69, 9.17) is 5.11 Å². The highest BCUT2D eigenvalue weighted by Crippen LogP contribution is 2.15. The molecule has 0 spiro atoms. The number of hydrogen-bond acceptors (Lipinski definition) is 2. The number of carboxylic acid groups (broad SMARTS) is 1. The molecule has 0 radical (unpaired) electrons. The highest BCUT2D eigenvalue weighted by Gasteiger charge is 2.12. The van der Waals surface area contributed by atoms with Crippen LogP contribution >= 0.6 is 0 Å². The number of carboxylic acids is 1. The molecule has 0 aliphatic rings. The third-order valence-electron chi connectivity index (χ3n) is 2.60. The Morgan fingerprint density at radius 2 is 1.76 bits per heavy atom. The molecule has 88 valence electrons. The molecule has 1 heterocycles. The first kappa shape index (κ1) is 11.4. The van der Waals surface area contributed by atoms with E-state index in [0.717, 1.165) is 16.8 Å². The number of hydrogen-bond donors (Lipinski definition) is 1. The largest absolute Gasteiger partial charge is 0.478 e. The van der Waals surface area contributed by atoms with Gasteiger partial charge in [0.1, 0.15) is 5.56 Å². The predicted molar refractivity (Wildman–Crippen MR) is 64.7 cm³/mol. The summed E-state index contributed by atoms with van der Waals surface area (Å²) < 4.78 is 1.61. The monoisotopic (exact) mass is 230 g/mol. The molecule has 0 aliphatic carbocycles. The third-order valence-corrected chi connectivity index (χ3v) is 2.60. The van der Waals surface area contributed by atoms with E-state index in [9.17, 15) is 4.79 Å². The first-order valence-corrected chi connectivity index (χ1v) is 5.35. The molecule has 0 unspecified atom stereocenters. The van der Waals surface area contributed by atoms with Gasteiger partial charge in [-0.3, -0.25) is 0 Å². The Kier molecular flexibility index (Phi) is 2.71. The summed E-state index contributed by atoms with van der Waals surface area (Å²) in [5.41, 5.74) is 3.91. The van der Waals surface area contributed by atoms with E-state index in [2.05, 4.69) is 11.2 Å². The number of rotatable bonds is 2. The molecule has 0 atom stereocenters. The predicted octanol–water partition coefficient (Wildman–Crippen LogP) is 2.50. The van der Waals surface area contributed by atoms with Crippen LogP contribution in [0.1, 0.15) is 27.2 Å². The Hall–Kier alpha value is -2.10. The molecule has 17 heavy (non-hydrogen) atoms. The van der Waals surface area contributed by atoms with E-state index in [-0.39, 0.29) is 5.56 Å². The van der Waals surface area contributed by atoms with Crippen LogP contribution in [0.2, 0.25) is 0 Å². The zero-order chi connectivity index (χ0) is 12.6. The molecule has 2 aromatic rings. The number of aryl methyl sites for hydroxylation is 3. The standard InChI is InChI=1S/C13H14N2O2/c1-8-4-9(2)6-11(5-8)15-7-12(13(16)17)10(3)14-15/h4-7H,1-3H3,(H,16,17). The van der Waals surface area contributed by atoms with Crippen molar-refractivity contribution >= 4 is 5.97 Å². The van der Waals surface area contributed by atoms with Gasteiger partial charge >= 0.3 is 5.97 Å². The van der Waals surface area contributed by atoms with Crippen LogP contribution in [-0.4, -0.2) is 20.9 Å². The molecule has 1 aromatic heterocycles. The van der Waals surface area contributed by atoms with Gasteiger partial charge in [0, 0.05) is 6.20 Å². The fourth-order valence-corrected chi connectivity index (χ4v) is 1.89. The smallest absolute Gasteiger partial charge is 0.339 e. The molecular weight excluding hydrogens is 216 g/mol. The first-order chi connectivity index (χ1) is 7.97. The van der Waals surface area contributed by atoms with Crippen LogP contribution in [0.4, 0.5) is 0 Å². The minimum absolute atomic E-state index is 0.240. The summed E-state index contributed by atoms with van der Waals surface area (Å²) in [6.07, 6.45) is 1.55. The van der Waals surface area contributed by atoms with Crippen molar-refractivity contribution in [3.8, 4) is 5.69 Å². The van der Waals surface area contributed by atoms with Crippen LogP contribution < -0.4 is 0 Å². The number of aromatic nitrogens is 2. The van der Waals surface area contributed by atoms with E-state index in [1.807, 2.05) is 26.0 Å². The van der Waals surface area contributed by atoms with Crippen molar-refractivity contribution in [3.63, 3.8) is 0 Å². The van der Waals surface area contributed by atoms with E-state index in [1.165, 1.54) is 0 Å². The summed E-state index contributed by atoms with van der Waals surface area (Å²) in [4.78, 5) is 10.9. The Labute approximate surface area is 99.5 Å². The second-order valence-corrected chi connectivity index (χ2v) is 4.22. The van der Waals surface area contributed by atoms with Crippen molar-refractivity contribution in [2.45, 2.75) is 20.8 Å². The minimum Gasteiger partial charge on any atom is -0.478 e. The molecular formula is C13H14N2O2. The second kappa shape index (κ2) is 4.05. The molecule has 1 N–H and O–H groups in total. The van der Waals surface area contributed by atoms with Gasteiger partial charge < -0.3 is 5.11 Å². The first-order valence-electron chi connectivity index (χ1n) is 5.35. The van der Waals surface area contributed by atoms with Gasteiger partial charge in [-0.05, 0) is 44.0 Å². The van der Waals surface area contributed by atoms with Gasteiger partial charge in [0.15, 0.2) is 0 Å². The summed E-state index contributed by atoms with van der Waals surface area (Å²) in [7, 11) is 0. The maximum Gasteiger partial charge on any atom is 0.339 e. The lowest BCUT2D eigenvalue weighted by Gasteiger charge is -2.04. The van der Waals surface area contributed by atoms with Crippen LogP contribution in [-0.2, 0) is 0 Å². The number of aromatic carboxylic acids is 1. The molecule has 4 nitrogen and oxygen atoms in total. The van der Waals surface area contributed by atoms with Crippen molar-refractivity contribution in [2.24, 2.45) is 0 Å². The summed E-state index contributed by atoms with van der Waals surface area (Å²) in [6, 6.07) is 6.02. The number of benzene rings is 1. The average Bonchev–Trinajstić information content (AvgIpc) is 2.59. The molecule has 0 fully saturated rings. The maximum atomic E-state index is 10.9. The lowest BCUT2D eigenvalue weighted by atomic mass is 10.1. The SMILES string of the molecule is Cc1cc(C)cc(-n2cc(C(=O)O)c(C)n2)c1. The molecule has 0 amide bonds. The Morgan fingerprint density at radius 1 is 1.18 bits per heavy atom. The molecule has 4 heteroatoms. The molecule has 0 bridgehead atoms. The summed E-state index contributed by atoms with van der Waals surface area (Å²) >= 11 is 0. The zero-order valence-corrected chi connectivity index (χ0v) is 10.1. The van der Waals surface area contributed by atoms with E-state index < -0.39 is 5.97 Å². The summed E-state index contributed by atoms with van der Waals surface area (Å²) in [6.45, 7) is 5.71. The van der Waals surface area contributed by atoms with E-state index in [1.54, 1.807) is 17.8 Å². The van der Waals surface area contributed by atoms with Gasteiger partial charge in [0.25, 0.3) is 0 Å². The lowest BCUT2D eigenvalue weighted by molar-refractivity contribution is 0.0696. The molecule has 0 saturated heterocycles. The summed E-state index contributed by atoms with van der Waals surface area (Å²) in [5, 5.41) is 13.2. The topological polar surface area (TPSA) is 55.1 Å². The number of nitrogens with zero attached hydrogens (tertiary/aromatic N) is 2. The molecule has 0 aliphatic heterocycles. The zero-order valence-electron chi connectivity index (χ0n) is 10.1. The van der Waals surface area contributed by atoms with Crippen LogP contribution in [0.25, 0.3) is 5.69 Å². The van der Waals surface area contributed by atoms with Crippen molar-refractivity contribution in [3.05, 3.63) is 46.8 Å². The molecule has 2 rings (SSSR count). The van der Waals surface area contributed by atoms with Gasteiger partial charge in [0.2, 0.25) is 0 Å². The van der Waals surface area contributed by atoms with Crippen molar-refractivity contribution in [1.82, 2.24) is 9.78 Å². The minimum atomic E-state index is -0.946. The normalized spacial score (nSPS) is 10.5. The van der Waals surface area contributed by atoms with Crippen LogP contribution in [0.15, 0.2) is 24.4 Å². The van der Waals surface area contributed by atoms with Gasteiger partial charge in [-0.15, -0.1) is 0 Å². The van der Waals surface area contributed by atoms with Crippen LogP contribution in [0, 0.1) is 20.8 Å². The van der Waals surface area contributed by atoms with Crippen molar-refractivity contribution in [2.75, 3.05) is 0 Å². The lowest BCUT2D eigenvalue weighted by Crippen LogP contribution is -1.96. The molecule has 1 aromatic carbocycles. The Balaban J connectivity index is 2.53. The Morgan fingerprint density at radius 3 is 2.24 bits per heavy atom. The Bertz CT molecular complexity index is 565. The van der Waals surface area contributed by atoms with E-state index >= 15 is 0 Å². The van der Waals surface area contributed by atoms with Crippen molar-refractivity contribution in [1.29, 1.82) is 0 Å². The highest BCUT2D eigenvalue weighted by molar-refractivity contribution is 5.88. The summed E-state index contributed by atoms with van der Waals surface area (Å²) in [5.74, 6) is -0.946. The van der Waals surface area contributed by atoms with E-state index in [0.29, 0.717) is 5.69 Å². The maximum absolute atomic E-state index is 10.9. The fraction of sp³-hybridized carbons (Fsp3) is 0.231. The number of carbonyl (C=O) groups is 1. The average molecular weight is 230 g/mol. The van der Waals surface area contributed by atoms with Crippen molar-refractivity contribution < 1.29 is 9.90 Å². The van der Waals surface area contributed by atoms with Crippen LogP contribution in [0.5, 0.6) is 0 Å². The van der Waals surface area contributed by atoms with Gasteiger partial charge in [-0.2, -0.15) is 5.10 Å². The molecule has 0 saturated carbocycles. The quantitative estimate of drug-likeness (QED) is 0.862. The highest BCUT2D eigenvalue weighted by atomic mass is 16.4. The van der Waals surface area contributed by atoms with Crippen LogP contribution in [0.3, 0.4) is 0 Å². The fourth-order valence-electron chi connectivity index (χ4n) is 1.89. The van der Waals surface area contributed by atoms with Gasteiger partial charge in [-0.1, -0.05) is 6.07 Å². The van der Waals surface area contributed by atoms with Gasteiger partial charge in [-0.25, -0.2) is 9.48 Å². The third kappa shape index (κ3) is 2.20. The van der Waals surface area contributed by atoms with Gasteiger partial charge in [0.05, 0.1) is 11.4 Å². The second-order valence-electron chi connectivity index (χ2n) is 4.22.